The van der Waals surface area contributed by atoms with Crippen molar-refractivity contribution < 1.29 is 19.8 Å². The lowest BCUT2D eigenvalue weighted by molar-refractivity contribution is -0.138. The summed E-state index contributed by atoms with van der Waals surface area (Å²) in [6.45, 7) is 1.95. The SMILES string of the molecule is Cc1cc(CCCC(=O)O)cnc1CCCC(=O)O. The van der Waals surface area contributed by atoms with Gasteiger partial charge in [0.15, 0.2) is 0 Å². The lowest BCUT2D eigenvalue weighted by Gasteiger charge is -2.07. The minimum absolute atomic E-state index is 0.154. The van der Waals surface area contributed by atoms with Gasteiger partial charge in [0.1, 0.15) is 0 Å². The molecule has 0 saturated carbocycles. The van der Waals surface area contributed by atoms with Gasteiger partial charge < -0.3 is 10.2 Å². The molecule has 5 nitrogen and oxygen atoms in total. The molecular formula is C14H19NO4. The van der Waals surface area contributed by atoms with Gasteiger partial charge >= 0.3 is 11.9 Å². The number of carboxylic acids is 2. The van der Waals surface area contributed by atoms with Crippen LogP contribution in [0.3, 0.4) is 0 Å². The van der Waals surface area contributed by atoms with E-state index in [0.717, 1.165) is 16.8 Å². The molecule has 1 aromatic heterocycles. The van der Waals surface area contributed by atoms with Crippen LogP contribution in [0.2, 0.25) is 0 Å². The average Bonchev–Trinajstić information content (AvgIpc) is 2.31. The van der Waals surface area contributed by atoms with Gasteiger partial charge in [-0.1, -0.05) is 6.07 Å². The van der Waals surface area contributed by atoms with E-state index in [9.17, 15) is 9.59 Å². The highest BCUT2D eigenvalue weighted by atomic mass is 16.4. The quantitative estimate of drug-likeness (QED) is 0.752. The van der Waals surface area contributed by atoms with Crippen molar-refractivity contribution in [2.45, 2.75) is 45.4 Å². The van der Waals surface area contributed by atoms with E-state index in [1.54, 1.807) is 6.20 Å². The molecule has 0 unspecified atom stereocenters. The fraction of sp³-hybridized carbons (Fsp3) is 0.500. The third kappa shape index (κ3) is 5.99. The van der Waals surface area contributed by atoms with Gasteiger partial charge in [0, 0.05) is 24.7 Å². The zero-order valence-electron chi connectivity index (χ0n) is 11.1. The summed E-state index contributed by atoms with van der Waals surface area (Å²) in [6.07, 6.45) is 4.63. The maximum atomic E-state index is 10.4. The van der Waals surface area contributed by atoms with Crippen LogP contribution in [0.5, 0.6) is 0 Å². The summed E-state index contributed by atoms with van der Waals surface area (Å²) in [5, 5.41) is 17.1. The first-order valence-electron chi connectivity index (χ1n) is 6.37. The summed E-state index contributed by atoms with van der Waals surface area (Å²) in [7, 11) is 0. The molecule has 0 aromatic carbocycles. The summed E-state index contributed by atoms with van der Waals surface area (Å²) in [5.41, 5.74) is 2.99. The lowest BCUT2D eigenvalue weighted by Crippen LogP contribution is -2.01. The minimum atomic E-state index is -0.789. The Labute approximate surface area is 112 Å². The highest BCUT2D eigenvalue weighted by Crippen LogP contribution is 2.12. The van der Waals surface area contributed by atoms with Gasteiger partial charge in [0.05, 0.1) is 0 Å². The topological polar surface area (TPSA) is 87.5 Å². The van der Waals surface area contributed by atoms with E-state index in [0.29, 0.717) is 25.7 Å². The van der Waals surface area contributed by atoms with Gasteiger partial charge in [-0.25, -0.2) is 0 Å². The number of rotatable bonds is 8. The summed E-state index contributed by atoms with van der Waals surface area (Å²) < 4.78 is 0. The number of hydrogen-bond donors (Lipinski definition) is 2. The Bertz CT molecular complexity index is 457. The largest absolute Gasteiger partial charge is 0.481 e. The molecule has 0 aliphatic carbocycles. The van der Waals surface area contributed by atoms with Crippen LogP contribution in [-0.4, -0.2) is 27.1 Å². The van der Waals surface area contributed by atoms with E-state index < -0.39 is 11.9 Å². The lowest BCUT2D eigenvalue weighted by atomic mass is 10.0. The first-order valence-corrected chi connectivity index (χ1v) is 6.37. The van der Waals surface area contributed by atoms with Crippen molar-refractivity contribution >= 4 is 11.9 Å². The van der Waals surface area contributed by atoms with Crippen LogP contribution in [0.25, 0.3) is 0 Å². The second-order valence-electron chi connectivity index (χ2n) is 4.60. The number of carboxylic acid groups (broad SMARTS) is 2. The standard InChI is InChI=1S/C14H19NO4/c1-10-8-11(4-2-6-13(16)17)9-15-12(10)5-3-7-14(18)19/h8-9H,2-7H2,1H3,(H,16,17)(H,18,19). The third-order valence-electron chi connectivity index (χ3n) is 2.90. The number of carbonyl (C=O) groups is 2. The number of aromatic nitrogens is 1. The fourth-order valence-corrected chi connectivity index (χ4v) is 1.91. The molecule has 0 spiro atoms. The Morgan fingerprint density at radius 3 is 2.21 bits per heavy atom. The molecule has 0 amide bonds. The Morgan fingerprint density at radius 2 is 1.68 bits per heavy atom. The Kier molecular flexibility index (Phi) is 5.99. The molecule has 0 aliphatic heterocycles. The predicted molar refractivity (Wildman–Crippen MR) is 70.1 cm³/mol. The van der Waals surface area contributed by atoms with Crippen molar-refractivity contribution in [1.82, 2.24) is 4.98 Å². The van der Waals surface area contributed by atoms with Gasteiger partial charge in [-0.05, 0) is 43.7 Å². The normalized spacial score (nSPS) is 10.4. The molecule has 19 heavy (non-hydrogen) atoms. The van der Waals surface area contributed by atoms with Crippen LogP contribution < -0.4 is 0 Å². The van der Waals surface area contributed by atoms with Crippen LogP contribution in [0, 0.1) is 6.92 Å². The second-order valence-corrected chi connectivity index (χ2v) is 4.60. The van der Waals surface area contributed by atoms with Crippen molar-refractivity contribution in [1.29, 1.82) is 0 Å². The molecule has 5 heteroatoms. The molecule has 1 rings (SSSR count). The van der Waals surface area contributed by atoms with Crippen LogP contribution in [0.4, 0.5) is 0 Å². The van der Waals surface area contributed by atoms with Gasteiger partial charge in [-0.15, -0.1) is 0 Å². The summed E-state index contributed by atoms with van der Waals surface area (Å²) in [5.74, 6) is -1.57. The van der Waals surface area contributed by atoms with E-state index in [-0.39, 0.29) is 12.8 Å². The summed E-state index contributed by atoms with van der Waals surface area (Å²) in [6, 6.07) is 2.00. The van der Waals surface area contributed by atoms with Gasteiger partial charge in [0.2, 0.25) is 0 Å². The van der Waals surface area contributed by atoms with Crippen molar-refractivity contribution in [3.05, 3.63) is 29.1 Å². The van der Waals surface area contributed by atoms with Gasteiger partial charge in [-0.2, -0.15) is 0 Å². The van der Waals surface area contributed by atoms with Gasteiger partial charge in [0.25, 0.3) is 0 Å². The van der Waals surface area contributed by atoms with Crippen molar-refractivity contribution in [2.24, 2.45) is 0 Å². The molecule has 0 aliphatic rings. The molecule has 104 valence electrons. The number of pyridine rings is 1. The Hall–Kier alpha value is -1.91. The Balaban J connectivity index is 2.49. The van der Waals surface area contributed by atoms with Crippen molar-refractivity contribution in [2.75, 3.05) is 0 Å². The number of hydrogen-bond acceptors (Lipinski definition) is 3. The van der Waals surface area contributed by atoms with E-state index in [4.69, 9.17) is 10.2 Å². The molecule has 0 radical (unpaired) electrons. The molecule has 0 atom stereocenters. The number of aryl methyl sites for hydroxylation is 3. The number of aliphatic carboxylic acids is 2. The fourth-order valence-electron chi connectivity index (χ4n) is 1.91. The van der Waals surface area contributed by atoms with Crippen LogP contribution in [-0.2, 0) is 22.4 Å². The molecular weight excluding hydrogens is 246 g/mol. The van der Waals surface area contributed by atoms with E-state index >= 15 is 0 Å². The van der Waals surface area contributed by atoms with Crippen molar-refractivity contribution in [3.8, 4) is 0 Å². The molecule has 2 N–H and O–H groups in total. The minimum Gasteiger partial charge on any atom is -0.481 e. The summed E-state index contributed by atoms with van der Waals surface area (Å²) >= 11 is 0. The van der Waals surface area contributed by atoms with E-state index in [1.807, 2.05) is 13.0 Å². The predicted octanol–water partition coefficient (Wildman–Crippen LogP) is 2.20. The smallest absolute Gasteiger partial charge is 0.303 e. The highest BCUT2D eigenvalue weighted by molar-refractivity contribution is 5.66. The first kappa shape index (κ1) is 15.1. The van der Waals surface area contributed by atoms with E-state index in [1.165, 1.54) is 0 Å². The van der Waals surface area contributed by atoms with Crippen LogP contribution >= 0.6 is 0 Å². The third-order valence-corrected chi connectivity index (χ3v) is 2.90. The van der Waals surface area contributed by atoms with Crippen LogP contribution in [0.15, 0.2) is 12.3 Å². The Morgan fingerprint density at radius 1 is 1.11 bits per heavy atom. The summed E-state index contributed by atoms with van der Waals surface area (Å²) in [4.78, 5) is 25.2. The molecule has 1 heterocycles. The molecule has 0 saturated heterocycles. The zero-order valence-corrected chi connectivity index (χ0v) is 11.1. The van der Waals surface area contributed by atoms with E-state index in [2.05, 4.69) is 4.98 Å². The molecule has 0 fully saturated rings. The first-order chi connectivity index (χ1) is 8.99. The highest BCUT2D eigenvalue weighted by Gasteiger charge is 2.05. The van der Waals surface area contributed by atoms with Crippen LogP contribution in [0.1, 0.15) is 42.5 Å². The number of nitrogens with zero attached hydrogens (tertiary/aromatic N) is 1. The zero-order chi connectivity index (χ0) is 14.3. The monoisotopic (exact) mass is 265 g/mol. The second kappa shape index (κ2) is 7.51. The average molecular weight is 265 g/mol. The maximum Gasteiger partial charge on any atom is 0.303 e. The maximum absolute atomic E-state index is 10.4. The molecule has 1 aromatic rings. The molecule has 0 bridgehead atoms. The van der Waals surface area contributed by atoms with Gasteiger partial charge in [-0.3, -0.25) is 14.6 Å². The van der Waals surface area contributed by atoms with Crippen molar-refractivity contribution in [3.63, 3.8) is 0 Å².